The maximum Gasteiger partial charge on any atom is 0.412 e. The maximum absolute atomic E-state index is 14.4. The fourth-order valence-electron chi connectivity index (χ4n) is 11.0. The molecule has 508 valence electrons. The van der Waals surface area contributed by atoms with Crippen LogP contribution >= 0.6 is 11.6 Å². The molecule has 30 heteroatoms. The highest BCUT2D eigenvalue weighted by atomic mass is 35.5. The Hall–Kier alpha value is -8.51. The van der Waals surface area contributed by atoms with E-state index in [4.69, 9.17) is 60.1 Å². The van der Waals surface area contributed by atoms with Crippen molar-refractivity contribution in [1.82, 2.24) is 30.4 Å². The van der Waals surface area contributed by atoms with Gasteiger partial charge in [0.05, 0.1) is 43.5 Å². The second-order valence-electron chi connectivity index (χ2n) is 23.8. The molecule has 29 nitrogen and oxygen atoms in total. The standard InChI is InChI=1S/C63H84ClN9O20/c1-36-16-15-19-48(86-10)63(84)33-47(90-59(81)68-63)37(2)56-62(4,92-56)49(32-53(77)72(8)44-30-40(28-36)31-46(85-9)55(44)64)91-57(79)38(3)71(7)50(74)24-27-87-60(82)69(5)25-26-70(6)61(83)88-35-39-20-21-45(89-58(80)67-42-18-14-12-11-13-17-41(42)65)43(29-39)66-34-54(78)93-73-51(75)22-23-52(73)76/h13,15-17,19-21,29-31,37-38,41-42,47-49,56,66,84H,11-12,14,18,22-28,32-35,65H2,1-10H3,(H,67,80)(H,68,81)/b17-13+,19-15+,36-16+/t37-,38+,41+,42?,47+,48-,49+,56+,62+,63+/m1/s1. The van der Waals surface area contributed by atoms with Gasteiger partial charge in [-0.25, -0.2) is 28.8 Å². The van der Waals surface area contributed by atoms with Crippen LogP contribution in [0.25, 0.3) is 0 Å². The zero-order valence-electron chi connectivity index (χ0n) is 53.9. The number of carbonyl (C=O) groups is 10. The lowest BCUT2D eigenvalue weighted by Crippen LogP contribution is -2.63. The number of carbonyl (C=O) groups excluding carboxylic acids is 10. The van der Waals surface area contributed by atoms with Crippen molar-refractivity contribution < 1.29 is 95.8 Å². The molecule has 0 saturated carbocycles. The largest absolute Gasteiger partial charge is 0.495 e. The maximum atomic E-state index is 14.4. The van der Waals surface area contributed by atoms with Crippen LogP contribution in [0.4, 0.5) is 30.6 Å². The molecular formula is C63H84ClN9O20. The number of nitrogens with one attached hydrogen (secondary N) is 3. The number of hydrogen-bond donors (Lipinski definition) is 5. The van der Waals surface area contributed by atoms with E-state index in [1.807, 2.05) is 25.2 Å². The monoisotopic (exact) mass is 1320 g/mol. The van der Waals surface area contributed by atoms with Crippen molar-refractivity contribution in [3.8, 4) is 11.5 Å². The molecule has 1 unspecified atom stereocenters. The Morgan fingerprint density at radius 2 is 1.65 bits per heavy atom. The number of fused-ring (bicyclic) bond motifs is 5. The number of methoxy groups -OCH3 is 2. The number of epoxide rings is 1. The van der Waals surface area contributed by atoms with E-state index >= 15 is 0 Å². The first-order valence-electron chi connectivity index (χ1n) is 30.5. The van der Waals surface area contributed by atoms with Crippen molar-refractivity contribution in [2.24, 2.45) is 11.7 Å². The van der Waals surface area contributed by atoms with Crippen LogP contribution in [0.15, 0.2) is 66.3 Å². The van der Waals surface area contributed by atoms with E-state index in [-0.39, 0.29) is 61.8 Å². The first-order chi connectivity index (χ1) is 44.0. The smallest absolute Gasteiger partial charge is 0.412 e. The summed E-state index contributed by atoms with van der Waals surface area (Å²) >= 11 is 6.83. The zero-order chi connectivity index (χ0) is 68.1. The summed E-state index contributed by atoms with van der Waals surface area (Å²) in [5, 5.41) is 20.5. The van der Waals surface area contributed by atoms with Crippen molar-refractivity contribution in [3.63, 3.8) is 0 Å². The van der Waals surface area contributed by atoms with Crippen LogP contribution in [0.3, 0.4) is 0 Å². The fourth-order valence-corrected chi connectivity index (χ4v) is 11.3. The van der Waals surface area contributed by atoms with E-state index < -0.39 is 139 Å². The molecule has 2 aromatic rings. The van der Waals surface area contributed by atoms with Crippen molar-refractivity contribution in [2.75, 3.05) is 78.9 Å². The van der Waals surface area contributed by atoms with Gasteiger partial charge in [0.1, 0.15) is 60.5 Å². The number of allylic oxidation sites excluding steroid dienone is 4. The van der Waals surface area contributed by atoms with Gasteiger partial charge in [-0.3, -0.25) is 24.5 Å². The summed E-state index contributed by atoms with van der Waals surface area (Å²) in [4.78, 5) is 141. The molecule has 0 radical (unpaired) electrons. The zero-order valence-corrected chi connectivity index (χ0v) is 54.7. The number of anilines is 2. The Morgan fingerprint density at radius 1 is 0.946 bits per heavy atom. The molecule has 0 aromatic heterocycles. The summed E-state index contributed by atoms with van der Waals surface area (Å²) in [7, 11) is 8.56. The van der Waals surface area contributed by atoms with Crippen LogP contribution in [0.1, 0.15) is 96.6 Å². The molecule has 4 bridgehead atoms. The van der Waals surface area contributed by atoms with Crippen molar-refractivity contribution >= 4 is 82.9 Å². The third-order valence-corrected chi connectivity index (χ3v) is 17.3. The van der Waals surface area contributed by atoms with Gasteiger partial charge < -0.3 is 83.8 Å². The number of rotatable bonds is 19. The number of alkyl carbamates (subject to hydrolysis) is 1. The number of nitrogens with two attached hydrogens (primary N) is 1. The normalized spacial score (nSPS) is 26.3. The number of benzene rings is 2. The summed E-state index contributed by atoms with van der Waals surface area (Å²) < 4.78 is 45.9. The van der Waals surface area contributed by atoms with Gasteiger partial charge in [-0.15, -0.1) is 5.06 Å². The van der Waals surface area contributed by atoms with Gasteiger partial charge in [0.2, 0.25) is 11.8 Å². The first kappa shape index (κ1) is 71.9. The highest BCUT2D eigenvalue weighted by Crippen LogP contribution is 2.49. The summed E-state index contributed by atoms with van der Waals surface area (Å²) in [6.07, 6.45) is 3.99. The molecule has 6 N–H and O–H groups in total. The molecule has 3 saturated heterocycles. The minimum atomic E-state index is -1.92. The van der Waals surface area contributed by atoms with Gasteiger partial charge in [-0.1, -0.05) is 67.0 Å². The number of aliphatic hydroxyl groups is 1. The van der Waals surface area contributed by atoms with Crippen LogP contribution in [0.2, 0.25) is 5.02 Å². The number of amides is 8. The number of nitrogens with zero attached hydrogens (tertiary/aromatic N) is 5. The highest BCUT2D eigenvalue weighted by molar-refractivity contribution is 6.35. The number of esters is 1. The summed E-state index contributed by atoms with van der Waals surface area (Å²) in [6, 6.07) is 5.73. The SMILES string of the molecule is COc1cc2cc(c1Cl)N(C)C(=O)C[C@H](OC(=O)[C@H](C)N(C)C(=O)CCOC(=O)N(C)CCN(C)C(=O)OCc1ccc(OC(=O)NC3CCCC/C=C/[C@@H]3N)c(NCC(=O)ON3C(=O)CCC3=O)c1)[C@]1(C)O[C@H]1[C@H](C)[C@@H]1C[C@@](O)(NC(=O)O1)[C@H](OC)/C=C/C=C(\C)C2. The predicted octanol–water partition coefficient (Wildman–Crippen LogP) is 5.18. The number of hydroxylamine groups is 2. The van der Waals surface area contributed by atoms with Crippen LogP contribution in [-0.2, 0) is 75.1 Å². The molecule has 4 heterocycles. The quantitative estimate of drug-likeness (QED) is 0.0398. The second kappa shape index (κ2) is 31.9. The lowest BCUT2D eigenvalue weighted by molar-refractivity contribution is -0.196. The van der Waals surface area contributed by atoms with Gasteiger partial charge in [-0.2, -0.15) is 0 Å². The number of hydrogen-bond acceptors (Lipinski definition) is 22. The summed E-state index contributed by atoms with van der Waals surface area (Å²) in [6.45, 7) is 5.33. The first-order valence-corrected chi connectivity index (χ1v) is 30.9. The summed E-state index contributed by atoms with van der Waals surface area (Å²) in [5.74, 6) is -4.76. The molecule has 10 atom stereocenters. The van der Waals surface area contributed by atoms with Crippen LogP contribution in [-0.4, -0.2) is 207 Å². The van der Waals surface area contributed by atoms with E-state index in [1.165, 1.54) is 82.2 Å². The third-order valence-electron chi connectivity index (χ3n) is 17.0. The molecule has 3 fully saturated rings. The molecular weight excluding hydrogens is 1240 g/mol. The van der Waals surface area contributed by atoms with E-state index in [2.05, 4.69) is 16.0 Å². The van der Waals surface area contributed by atoms with Crippen LogP contribution < -0.4 is 36.1 Å². The van der Waals surface area contributed by atoms with E-state index in [9.17, 15) is 53.1 Å². The molecule has 93 heavy (non-hydrogen) atoms. The van der Waals surface area contributed by atoms with Crippen molar-refractivity contribution in [3.05, 3.63) is 82.4 Å². The number of halogens is 1. The van der Waals surface area contributed by atoms with Crippen LogP contribution in [0, 0.1) is 5.92 Å². The number of likely N-dealkylation sites (N-methyl/N-ethyl adjacent to an activating group) is 3. The second-order valence-corrected chi connectivity index (χ2v) is 24.2. The van der Waals surface area contributed by atoms with E-state index in [1.54, 1.807) is 38.1 Å². The Balaban J connectivity index is 0.927. The minimum Gasteiger partial charge on any atom is -0.495 e. The van der Waals surface area contributed by atoms with Crippen LogP contribution in [0.5, 0.6) is 11.5 Å². The molecule has 0 spiro atoms. The molecule has 2 aromatic carbocycles. The van der Waals surface area contributed by atoms with Gasteiger partial charge in [0.15, 0.2) is 11.5 Å². The van der Waals surface area contributed by atoms with Crippen molar-refractivity contribution in [2.45, 2.75) is 152 Å². The van der Waals surface area contributed by atoms with Gasteiger partial charge >= 0.3 is 36.3 Å². The molecule has 5 aliphatic rings. The topological polar surface area (TPSA) is 356 Å². The average Bonchev–Trinajstić information content (AvgIpc) is 1.57. The van der Waals surface area contributed by atoms with Crippen molar-refractivity contribution in [1.29, 1.82) is 0 Å². The average molecular weight is 1320 g/mol. The predicted molar refractivity (Wildman–Crippen MR) is 333 cm³/mol. The lowest BCUT2D eigenvalue weighted by atomic mass is 9.83. The van der Waals surface area contributed by atoms with E-state index in [0.717, 1.165) is 35.3 Å². The van der Waals surface area contributed by atoms with Gasteiger partial charge in [0.25, 0.3) is 11.8 Å². The van der Waals surface area contributed by atoms with Gasteiger partial charge in [-0.05, 0) is 81.8 Å². The lowest BCUT2D eigenvalue weighted by Gasteiger charge is -2.42. The Morgan fingerprint density at radius 3 is 2.33 bits per heavy atom. The molecule has 8 amide bonds. The Labute approximate surface area is 543 Å². The molecule has 1 aliphatic carbocycles. The highest BCUT2D eigenvalue weighted by Gasteiger charge is 2.64. The number of ether oxygens (including phenoxy) is 8. The third kappa shape index (κ3) is 18.6. The number of imide groups is 1. The van der Waals surface area contributed by atoms with E-state index in [0.29, 0.717) is 34.9 Å². The van der Waals surface area contributed by atoms with Gasteiger partial charge in [0, 0.05) is 79.6 Å². The Bertz CT molecular complexity index is 3220. The molecule has 7 rings (SSSR count). The minimum absolute atomic E-state index is 0.0290. The Kier molecular flexibility index (Phi) is 24.7. The fraction of sp³-hybridized carbons (Fsp3) is 0.556. The molecule has 4 aliphatic heterocycles. The summed E-state index contributed by atoms with van der Waals surface area (Å²) in [5.41, 5.74) is 5.39.